The number of aryl methyl sites for hydroxylation is 1. The Bertz CT molecular complexity index is 553. The van der Waals surface area contributed by atoms with Crippen molar-refractivity contribution < 1.29 is 9.50 Å². The first kappa shape index (κ1) is 10.9. The molecule has 0 fully saturated rings. The Hall–Kier alpha value is -1.56. The van der Waals surface area contributed by atoms with Crippen molar-refractivity contribution in [3.05, 3.63) is 28.6 Å². The van der Waals surface area contributed by atoms with E-state index in [-0.39, 0.29) is 0 Å². The Balaban J connectivity index is 2.73. The molecule has 0 spiro atoms. The highest BCUT2D eigenvalue weighted by molar-refractivity contribution is 9.10. The molecule has 0 saturated heterocycles. The third-order valence-electron chi connectivity index (χ3n) is 2.33. The number of aromatic hydroxyl groups is 1. The van der Waals surface area contributed by atoms with Crippen molar-refractivity contribution in [1.82, 2.24) is 9.78 Å². The largest absolute Gasteiger partial charge is 0.504 e. The van der Waals surface area contributed by atoms with Gasteiger partial charge in [0.15, 0.2) is 11.6 Å². The summed E-state index contributed by atoms with van der Waals surface area (Å²) >= 11 is 3.24. The summed E-state index contributed by atoms with van der Waals surface area (Å²) < 4.78 is 15.3. The van der Waals surface area contributed by atoms with Crippen LogP contribution in [0.5, 0.6) is 5.75 Å². The number of nitrogen functional groups attached to an aromatic ring is 1. The van der Waals surface area contributed by atoms with Crippen LogP contribution in [0, 0.1) is 5.82 Å². The number of benzene rings is 1. The molecule has 0 saturated carbocycles. The zero-order valence-electron chi connectivity index (χ0n) is 8.41. The van der Waals surface area contributed by atoms with Crippen LogP contribution in [0.4, 0.5) is 10.2 Å². The molecule has 2 rings (SSSR count). The maximum Gasteiger partial charge on any atom is 0.165 e. The lowest BCUT2D eigenvalue weighted by Gasteiger charge is -2.07. The van der Waals surface area contributed by atoms with Crippen molar-refractivity contribution in [3.63, 3.8) is 0 Å². The van der Waals surface area contributed by atoms with E-state index in [1.807, 2.05) is 0 Å². The van der Waals surface area contributed by atoms with Crippen molar-refractivity contribution in [2.45, 2.75) is 0 Å². The van der Waals surface area contributed by atoms with Gasteiger partial charge in [0.2, 0.25) is 0 Å². The van der Waals surface area contributed by atoms with Crippen LogP contribution in [0.25, 0.3) is 11.1 Å². The van der Waals surface area contributed by atoms with Gasteiger partial charge in [-0.25, -0.2) is 4.39 Å². The average molecular weight is 286 g/mol. The van der Waals surface area contributed by atoms with Crippen LogP contribution < -0.4 is 5.73 Å². The van der Waals surface area contributed by atoms with Gasteiger partial charge in [-0.15, -0.1) is 0 Å². The highest BCUT2D eigenvalue weighted by Crippen LogP contribution is 2.39. The van der Waals surface area contributed by atoms with Gasteiger partial charge >= 0.3 is 0 Å². The maximum atomic E-state index is 13.2. The lowest BCUT2D eigenvalue weighted by atomic mass is 10.1. The molecule has 2 aromatic rings. The molecular formula is C10H9BrFN3O. The van der Waals surface area contributed by atoms with E-state index in [2.05, 4.69) is 21.0 Å². The number of hydrogen-bond acceptors (Lipinski definition) is 3. The van der Waals surface area contributed by atoms with E-state index in [1.54, 1.807) is 7.05 Å². The summed E-state index contributed by atoms with van der Waals surface area (Å²) in [6.07, 6.45) is 1.48. The van der Waals surface area contributed by atoms with Crippen LogP contribution in [0.1, 0.15) is 0 Å². The number of phenols is 1. The fourth-order valence-corrected chi connectivity index (χ4v) is 1.97. The molecule has 0 aliphatic heterocycles. The first-order valence-electron chi connectivity index (χ1n) is 4.47. The molecule has 16 heavy (non-hydrogen) atoms. The maximum absolute atomic E-state index is 13.2. The van der Waals surface area contributed by atoms with Crippen LogP contribution in [-0.2, 0) is 7.05 Å². The van der Waals surface area contributed by atoms with Crippen LogP contribution in [-0.4, -0.2) is 14.9 Å². The monoisotopic (exact) mass is 285 g/mol. The van der Waals surface area contributed by atoms with Crippen LogP contribution in [0.3, 0.4) is 0 Å². The number of nitrogens with two attached hydrogens (primary N) is 1. The zero-order chi connectivity index (χ0) is 11.9. The molecule has 0 amide bonds. The van der Waals surface area contributed by atoms with E-state index in [9.17, 15) is 9.50 Å². The van der Waals surface area contributed by atoms with Crippen molar-refractivity contribution in [2.75, 3.05) is 5.73 Å². The van der Waals surface area contributed by atoms with E-state index in [4.69, 9.17) is 5.73 Å². The van der Waals surface area contributed by atoms with Gasteiger partial charge in [-0.3, -0.25) is 4.68 Å². The summed E-state index contributed by atoms with van der Waals surface area (Å²) in [6.45, 7) is 0. The van der Waals surface area contributed by atoms with Crippen LogP contribution >= 0.6 is 15.9 Å². The van der Waals surface area contributed by atoms with Crippen LogP contribution in [0.15, 0.2) is 22.8 Å². The molecule has 1 heterocycles. The summed E-state index contributed by atoms with van der Waals surface area (Å²) in [7, 11) is 1.67. The predicted molar refractivity (Wildman–Crippen MR) is 62.4 cm³/mol. The van der Waals surface area contributed by atoms with Crippen molar-refractivity contribution >= 4 is 21.7 Å². The molecule has 84 valence electrons. The topological polar surface area (TPSA) is 64.1 Å². The third-order valence-corrected chi connectivity index (χ3v) is 2.99. The SMILES string of the molecule is Cn1ncc(-c2c(Br)ccc(F)c2O)c1N. The number of anilines is 1. The molecule has 0 radical (unpaired) electrons. The van der Waals surface area contributed by atoms with Gasteiger partial charge in [0.1, 0.15) is 5.82 Å². The Morgan fingerprint density at radius 3 is 2.75 bits per heavy atom. The molecular weight excluding hydrogens is 277 g/mol. The number of rotatable bonds is 1. The number of halogens is 2. The van der Waals surface area contributed by atoms with Crippen molar-refractivity contribution in [2.24, 2.45) is 7.05 Å². The standard InChI is InChI=1S/C10H9BrFN3O/c1-15-10(13)5(4-14-15)8-6(11)2-3-7(12)9(8)16/h2-4,16H,13H2,1H3. The summed E-state index contributed by atoms with van der Waals surface area (Å²) in [5, 5.41) is 13.6. The number of aromatic nitrogens is 2. The van der Waals surface area contributed by atoms with E-state index < -0.39 is 11.6 Å². The van der Waals surface area contributed by atoms with Crippen molar-refractivity contribution in [3.8, 4) is 16.9 Å². The zero-order valence-corrected chi connectivity index (χ0v) is 9.99. The molecule has 3 N–H and O–H groups in total. The molecule has 0 aliphatic carbocycles. The second-order valence-electron chi connectivity index (χ2n) is 3.32. The Kier molecular flexibility index (Phi) is 2.59. The highest BCUT2D eigenvalue weighted by atomic mass is 79.9. The molecule has 0 aliphatic rings. The van der Waals surface area contributed by atoms with E-state index in [1.165, 1.54) is 23.0 Å². The molecule has 0 bridgehead atoms. The molecule has 4 nitrogen and oxygen atoms in total. The summed E-state index contributed by atoms with van der Waals surface area (Å²) in [6, 6.07) is 2.69. The fraction of sp³-hybridized carbons (Fsp3) is 0.100. The second-order valence-corrected chi connectivity index (χ2v) is 4.17. The van der Waals surface area contributed by atoms with Crippen LogP contribution in [0.2, 0.25) is 0 Å². The Labute approximate surface area is 99.6 Å². The molecule has 0 unspecified atom stereocenters. The normalized spacial score (nSPS) is 10.7. The Morgan fingerprint density at radius 2 is 2.19 bits per heavy atom. The highest BCUT2D eigenvalue weighted by Gasteiger charge is 2.17. The smallest absolute Gasteiger partial charge is 0.165 e. The average Bonchev–Trinajstić information content (AvgIpc) is 2.56. The summed E-state index contributed by atoms with van der Waals surface area (Å²) in [5.74, 6) is -0.767. The van der Waals surface area contributed by atoms with Gasteiger partial charge in [-0.1, -0.05) is 15.9 Å². The van der Waals surface area contributed by atoms with Gasteiger partial charge < -0.3 is 10.8 Å². The fourth-order valence-electron chi connectivity index (χ4n) is 1.44. The quantitative estimate of drug-likeness (QED) is 0.845. The van der Waals surface area contributed by atoms with E-state index >= 15 is 0 Å². The van der Waals surface area contributed by atoms with Gasteiger partial charge in [-0.05, 0) is 12.1 Å². The second kappa shape index (κ2) is 3.79. The van der Waals surface area contributed by atoms with Crippen molar-refractivity contribution in [1.29, 1.82) is 0 Å². The number of hydrogen-bond donors (Lipinski definition) is 2. The summed E-state index contributed by atoms with van der Waals surface area (Å²) in [4.78, 5) is 0. The predicted octanol–water partition coefficient (Wildman–Crippen LogP) is 2.28. The van der Waals surface area contributed by atoms with E-state index in [0.29, 0.717) is 21.4 Å². The minimum atomic E-state index is -0.693. The minimum Gasteiger partial charge on any atom is -0.504 e. The van der Waals surface area contributed by atoms with Gasteiger partial charge in [0, 0.05) is 22.6 Å². The minimum absolute atomic E-state index is 0.311. The molecule has 0 atom stereocenters. The number of nitrogens with zero attached hydrogens (tertiary/aromatic N) is 2. The molecule has 1 aromatic carbocycles. The Morgan fingerprint density at radius 1 is 1.50 bits per heavy atom. The first-order valence-corrected chi connectivity index (χ1v) is 5.26. The molecule has 1 aromatic heterocycles. The first-order chi connectivity index (χ1) is 7.52. The van der Waals surface area contributed by atoms with Gasteiger partial charge in [0.05, 0.1) is 6.20 Å². The van der Waals surface area contributed by atoms with Gasteiger partial charge in [-0.2, -0.15) is 5.10 Å². The van der Waals surface area contributed by atoms with Gasteiger partial charge in [0.25, 0.3) is 0 Å². The third kappa shape index (κ3) is 1.55. The lowest BCUT2D eigenvalue weighted by molar-refractivity contribution is 0.434. The number of phenolic OH excluding ortho intramolecular Hbond substituents is 1. The lowest BCUT2D eigenvalue weighted by Crippen LogP contribution is -1.98. The summed E-state index contributed by atoms with van der Waals surface area (Å²) in [5.41, 5.74) is 6.57. The van der Waals surface area contributed by atoms with E-state index in [0.717, 1.165) is 0 Å². The molecule has 6 heteroatoms.